The Morgan fingerprint density at radius 3 is 2.55 bits per heavy atom. The molecule has 8 heteroatoms. The summed E-state index contributed by atoms with van der Waals surface area (Å²) in [5, 5.41) is 10.1. The molecule has 2 aromatic heterocycles. The summed E-state index contributed by atoms with van der Waals surface area (Å²) in [5.41, 5.74) is 4.22. The number of rotatable bonds is 4. The van der Waals surface area contributed by atoms with Crippen molar-refractivity contribution in [1.29, 1.82) is 5.26 Å². The number of fused-ring (bicyclic) bond motifs is 1. The molecule has 0 unspecified atom stereocenters. The molecule has 5 rings (SSSR count). The van der Waals surface area contributed by atoms with E-state index in [0.29, 0.717) is 43.1 Å². The van der Waals surface area contributed by atoms with E-state index in [4.69, 9.17) is 4.74 Å². The Hall–Kier alpha value is -3.67. The first-order chi connectivity index (χ1) is 16.0. The Bertz CT molecular complexity index is 1480. The number of benzene rings is 2. The minimum atomic E-state index is -3.89. The Kier molecular flexibility index (Phi) is 5.36. The molecule has 0 aliphatic carbocycles. The molecule has 1 aliphatic rings. The lowest BCUT2D eigenvalue weighted by Gasteiger charge is -2.29. The van der Waals surface area contributed by atoms with Gasteiger partial charge in [-0.25, -0.2) is 17.4 Å². The predicted molar refractivity (Wildman–Crippen MR) is 127 cm³/mol. The smallest absolute Gasteiger partial charge is 0.269 e. The number of aryl methyl sites for hydroxylation is 1. The average Bonchev–Trinajstić information content (AvgIpc) is 3.26. The highest BCUT2D eigenvalue weighted by molar-refractivity contribution is 7.90. The molecule has 1 fully saturated rings. The predicted octanol–water partition coefficient (Wildman–Crippen LogP) is 3.96. The van der Waals surface area contributed by atoms with Crippen molar-refractivity contribution in [3.8, 4) is 17.2 Å². The van der Waals surface area contributed by atoms with Gasteiger partial charge >= 0.3 is 0 Å². The summed E-state index contributed by atoms with van der Waals surface area (Å²) in [5.74, 6) is 0. The summed E-state index contributed by atoms with van der Waals surface area (Å²) in [6.07, 6.45) is 3.26. The molecule has 1 aliphatic heterocycles. The van der Waals surface area contributed by atoms with E-state index in [1.807, 2.05) is 19.1 Å². The van der Waals surface area contributed by atoms with Crippen LogP contribution in [0.2, 0.25) is 0 Å². The van der Waals surface area contributed by atoms with Crippen molar-refractivity contribution in [2.45, 2.75) is 11.8 Å². The summed E-state index contributed by atoms with van der Waals surface area (Å²) in [6, 6.07) is 18.0. The van der Waals surface area contributed by atoms with E-state index in [9.17, 15) is 13.7 Å². The van der Waals surface area contributed by atoms with Crippen LogP contribution in [0.1, 0.15) is 11.1 Å². The van der Waals surface area contributed by atoms with Crippen molar-refractivity contribution in [2.24, 2.45) is 0 Å². The van der Waals surface area contributed by atoms with Gasteiger partial charge in [-0.15, -0.1) is 0 Å². The Labute approximate surface area is 192 Å². The first kappa shape index (κ1) is 21.2. The fraction of sp³-hybridized carbons (Fsp3) is 0.200. The molecule has 1 saturated heterocycles. The number of nitrogens with zero attached hydrogens (tertiary/aromatic N) is 4. The fourth-order valence-corrected chi connectivity index (χ4v) is 5.48. The maximum Gasteiger partial charge on any atom is 0.269 e. The van der Waals surface area contributed by atoms with E-state index in [0.717, 1.165) is 22.2 Å². The van der Waals surface area contributed by atoms with Crippen LogP contribution in [0.5, 0.6) is 0 Å². The molecule has 0 atom stereocenters. The van der Waals surface area contributed by atoms with E-state index in [1.165, 1.54) is 3.97 Å². The fourth-order valence-electron chi connectivity index (χ4n) is 4.16. The first-order valence-electron chi connectivity index (χ1n) is 10.6. The highest BCUT2D eigenvalue weighted by Crippen LogP contribution is 2.38. The molecule has 7 nitrogen and oxygen atoms in total. The summed E-state index contributed by atoms with van der Waals surface area (Å²) in [4.78, 5) is 6.88. The minimum absolute atomic E-state index is 0.195. The second-order valence-electron chi connectivity index (χ2n) is 7.98. The first-order valence-corrected chi connectivity index (χ1v) is 12.1. The molecule has 166 valence electrons. The quantitative estimate of drug-likeness (QED) is 0.460. The van der Waals surface area contributed by atoms with Gasteiger partial charge in [0.1, 0.15) is 0 Å². The van der Waals surface area contributed by atoms with Crippen molar-refractivity contribution >= 4 is 26.7 Å². The number of nitriles is 1. The van der Waals surface area contributed by atoms with Crippen LogP contribution in [0.3, 0.4) is 0 Å². The molecule has 4 aromatic rings. The topological polar surface area (TPSA) is 88.2 Å². The van der Waals surface area contributed by atoms with E-state index < -0.39 is 10.0 Å². The minimum Gasteiger partial charge on any atom is -0.378 e. The Morgan fingerprint density at radius 2 is 1.82 bits per heavy atom. The van der Waals surface area contributed by atoms with Crippen LogP contribution in [0, 0.1) is 18.3 Å². The second-order valence-corrected chi connectivity index (χ2v) is 9.79. The zero-order valence-electron chi connectivity index (χ0n) is 18.1. The zero-order chi connectivity index (χ0) is 23.0. The monoisotopic (exact) mass is 458 g/mol. The van der Waals surface area contributed by atoms with Crippen molar-refractivity contribution in [3.05, 3.63) is 78.1 Å². The number of pyridine rings is 1. The number of anilines is 1. The van der Waals surface area contributed by atoms with Crippen molar-refractivity contribution in [3.63, 3.8) is 0 Å². The number of morpholine rings is 1. The molecule has 2 aromatic carbocycles. The van der Waals surface area contributed by atoms with E-state index in [2.05, 4.69) is 16.0 Å². The molecule has 0 saturated carbocycles. The number of ether oxygens (including phenoxy) is 1. The van der Waals surface area contributed by atoms with E-state index in [1.54, 1.807) is 54.9 Å². The van der Waals surface area contributed by atoms with E-state index in [-0.39, 0.29) is 4.90 Å². The molecule has 33 heavy (non-hydrogen) atoms. The van der Waals surface area contributed by atoms with Crippen LogP contribution >= 0.6 is 0 Å². The van der Waals surface area contributed by atoms with Gasteiger partial charge in [0.2, 0.25) is 0 Å². The Morgan fingerprint density at radius 1 is 1.06 bits per heavy atom. The van der Waals surface area contributed by atoms with Gasteiger partial charge in [0.15, 0.2) is 5.65 Å². The van der Waals surface area contributed by atoms with Crippen LogP contribution in [-0.2, 0) is 14.8 Å². The standard InChI is InChI=1S/C25H22N4O3S/c1-18-5-7-21(8-6-18)33(30,31)29-17-22(20-4-2-3-19(15-20)16-26)24-23(9-10-27-25(24)29)28-11-13-32-14-12-28/h2-10,15,17H,11-14H2,1H3. The van der Waals surface area contributed by atoms with Crippen LogP contribution < -0.4 is 4.90 Å². The third kappa shape index (κ3) is 3.75. The second kappa shape index (κ2) is 8.35. The third-order valence-corrected chi connectivity index (χ3v) is 7.53. The van der Waals surface area contributed by atoms with Gasteiger partial charge in [-0.3, -0.25) is 0 Å². The summed E-state index contributed by atoms with van der Waals surface area (Å²) >= 11 is 0. The van der Waals surface area contributed by atoms with Gasteiger partial charge in [0.25, 0.3) is 10.0 Å². The van der Waals surface area contributed by atoms with Crippen molar-refractivity contribution in [1.82, 2.24) is 8.96 Å². The highest BCUT2D eigenvalue weighted by atomic mass is 32.2. The summed E-state index contributed by atoms with van der Waals surface area (Å²) < 4.78 is 34.1. The van der Waals surface area contributed by atoms with Gasteiger partial charge < -0.3 is 9.64 Å². The van der Waals surface area contributed by atoms with Gasteiger partial charge in [-0.05, 0) is 42.8 Å². The molecule has 0 amide bonds. The number of hydrogen-bond acceptors (Lipinski definition) is 6. The van der Waals surface area contributed by atoms with Gasteiger partial charge in [-0.1, -0.05) is 29.8 Å². The van der Waals surface area contributed by atoms with Gasteiger partial charge in [-0.2, -0.15) is 5.26 Å². The largest absolute Gasteiger partial charge is 0.378 e. The molecule has 0 N–H and O–H groups in total. The van der Waals surface area contributed by atoms with Crippen molar-refractivity contribution in [2.75, 3.05) is 31.2 Å². The zero-order valence-corrected chi connectivity index (χ0v) is 18.9. The lowest BCUT2D eigenvalue weighted by Crippen LogP contribution is -2.36. The lowest BCUT2D eigenvalue weighted by atomic mass is 10.0. The van der Waals surface area contributed by atoms with Crippen LogP contribution in [0.25, 0.3) is 22.2 Å². The SMILES string of the molecule is Cc1ccc(S(=O)(=O)n2cc(-c3cccc(C#N)c3)c3c(N4CCOCC4)ccnc32)cc1. The average molecular weight is 459 g/mol. The summed E-state index contributed by atoms with van der Waals surface area (Å²) in [6.45, 7) is 4.52. The number of hydrogen-bond donors (Lipinski definition) is 0. The maximum absolute atomic E-state index is 13.7. The third-order valence-electron chi connectivity index (χ3n) is 5.87. The van der Waals surface area contributed by atoms with E-state index >= 15 is 0 Å². The van der Waals surface area contributed by atoms with Crippen LogP contribution in [0.15, 0.2) is 71.9 Å². The molecular formula is C25H22N4O3S. The molecule has 0 radical (unpaired) electrons. The van der Waals surface area contributed by atoms with Crippen LogP contribution in [-0.4, -0.2) is 43.7 Å². The molecular weight excluding hydrogens is 436 g/mol. The molecule has 0 spiro atoms. The summed E-state index contributed by atoms with van der Waals surface area (Å²) in [7, 11) is -3.89. The number of aromatic nitrogens is 2. The highest BCUT2D eigenvalue weighted by Gasteiger charge is 2.26. The maximum atomic E-state index is 13.7. The lowest BCUT2D eigenvalue weighted by molar-refractivity contribution is 0.123. The normalized spacial score (nSPS) is 14.4. The van der Waals surface area contributed by atoms with Gasteiger partial charge in [0.05, 0.1) is 40.8 Å². The Balaban J connectivity index is 1.79. The van der Waals surface area contributed by atoms with Gasteiger partial charge in [0, 0.05) is 31.0 Å². The molecule has 0 bridgehead atoms. The molecule has 3 heterocycles. The van der Waals surface area contributed by atoms with Crippen LogP contribution in [0.4, 0.5) is 5.69 Å². The van der Waals surface area contributed by atoms with Crippen molar-refractivity contribution < 1.29 is 13.2 Å².